The van der Waals surface area contributed by atoms with Crippen LogP contribution in [0.2, 0.25) is 5.02 Å². The SMILES string of the molecule is CN1CCC2(CC1)Oc1ccc(Cl)cc1C1CC(c3ccccc3)=NN12. The lowest BCUT2D eigenvalue weighted by molar-refractivity contribution is -0.147. The number of rotatable bonds is 1. The molecule has 3 aliphatic rings. The number of nitrogens with zero attached hydrogens (tertiary/aromatic N) is 3. The van der Waals surface area contributed by atoms with Crippen molar-refractivity contribution in [2.75, 3.05) is 20.1 Å². The molecule has 1 atom stereocenters. The van der Waals surface area contributed by atoms with Crippen LogP contribution in [0.5, 0.6) is 5.75 Å². The molecule has 1 saturated heterocycles. The second-order valence-corrected chi connectivity index (χ2v) is 7.95. The number of ether oxygens (including phenoxy) is 1. The number of hydrazone groups is 1. The molecule has 26 heavy (non-hydrogen) atoms. The molecule has 0 radical (unpaired) electrons. The van der Waals surface area contributed by atoms with E-state index in [-0.39, 0.29) is 11.8 Å². The fourth-order valence-corrected chi connectivity index (χ4v) is 4.54. The van der Waals surface area contributed by atoms with Gasteiger partial charge in [0.1, 0.15) is 5.75 Å². The third kappa shape index (κ3) is 2.51. The molecule has 0 saturated carbocycles. The van der Waals surface area contributed by atoms with Crippen molar-refractivity contribution in [1.82, 2.24) is 9.91 Å². The lowest BCUT2D eigenvalue weighted by Gasteiger charge is -2.50. The van der Waals surface area contributed by atoms with Crippen LogP contribution in [0, 0.1) is 0 Å². The highest BCUT2D eigenvalue weighted by molar-refractivity contribution is 6.30. The lowest BCUT2D eigenvalue weighted by atomic mass is 9.91. The summed E-state index contributed by atoms with van der Waals surface area (Å²) in [6, 6.07) is 16.6. The van der Waals surface area contributed by atoms with E-state index in [1.807, 2.05) is 24.3 Å². The molecule has 3 heterocycles. The Hall–Kier alpha value is -2.04. The van der Waals surface area contributed by atoms with Crippen LogP contribution in [0.3, 0.4) is 0 Å². The van der Waals surface area contributed by atoms with Crippen LogP contribution in [-0.4, -0.2) is 41.5 Å². The largest absolute Gasteiger partial charge is 0.466 e. The van der Waals surface area contributed by atoms with E-state index in [9.17, 15) is 0 Å². The predicted molar refractivity (Wildman–Crippen MR) is 104 cm³/mol. The van der Waals surface area contributed by atoms with Gasteiger partial charge in [0.25, 0.3) is 0 Å². The van der Waals surface area contributed by atoms with Gasteiger partial charge in [-0.05, 0) is 30.8 Å². The maximum atomic E-state index is 6.60. The molecule has 1 fully saturated rings. The number of fused-ring (bicyclic) bond motifs is 4. The third-order valence-electron chi connectivity index (χ3n) is 5.83. The highest BCUT2D eigenvalue weighted by Gasteiger charge is 2.51. The minimum absolute atomic E-state index is 0.191. The number of hydrogen-bond donors (Lipinski definition) is 0. The van der Waals surface area contributed by atoms with E-state index in [0.29, 0.717) is 0 Å². The van der Waals surface area contributed by atoms with Crippen LogP contribution in [0.15, 0.2) is 53.6 Å². The molecule has 0 aliphatic carbocycles. The fourth-order valence-electron chi connectivity index (χ4n) is 4.36. The van der Waals surface area contributed by atoms with E-state index in [2.05, 4.69) is 41.2 Å². The molecule has 1 spiro atoms. The van der Waals surface area contributed by atoms with Gasteiger partial charge in [-0.2, -0.15) is 5.10 Å². The smallest absolute Gasteiger partial charge is 0.200 e. The molecule has 0 amide bonds. The zero-order chi connectivity index (χ0) is 17.7. The lowest BCUT2D eigenvalue weighted by Crippen LogP contribution is -2.58. The first-order valence-corrected chi connectivity index (χ1v) is 9.62. The summed E-state index contributed by atoms with van der Waals surface area (Å²) in [6.45, 7) is 2.03. The summed E-state index contributed by atoms with van der Waals surface area (Å²) < 4.78 is 6.60. The van der Waals surface area contributed by atoms with E-state index in [4.69, 9.17) is 21.4 Å². The van der Waals surface area contributed by atoms with Gasteiger partial charge in [0.05, 0.1) is 11.8 Å². The summed E-state index contributed by atoms with van der Waals surface area (Å²) in [6.07, 6.45) is 2.79. The molecule has 4 nitrogen and oxygen atoms in total. The molecular formula is C21H22ClN3O. The summed E-state index contributed by atoms with van der Waals surface area (Å²) in [5, 5.41) is 8.06. The Morgan fingerprint density at radius 1 is 1.12 bits per heavy atom. The van der Waals surface area contributed by atoms with Gasteiger partial charge in [-0.15, -0.1) is 0 Å². The van der Waals surface area contributed by atoms with Gasteiger partial charge in [-0.3, -0.25) is 0 Å². The summed E-state index contributed by atoms with van der Waals surface area (Å²) in [4.78, 5) is 2.36. The Bertz CT molecular complexity index is 859. The second-order valence-electron chi connectivity index (χ2n) is 7.51. The van der Waals surface area contributed by atoms with Gasteiger partial charge in [-0.1, -0.05) is 41.9 Å². The van der Waals surface area contributed by atoms with E-state index < -0.39 is 0 Å². The van der Waals surface area contributed by atoms with Crippen molar-refractivity contribution in [3.8, 4) is 5.75 Å². The second kappa shape index (κ2) is 6.00. The van der Waals surface area contributed by atoms with Gasteiger partial charge in [0, 0.05) is 42.9 Å². The average molecular weight is 368 g/mol. The molecule has 0 aromatic heterocycles. The zero-order valence-corrected chi connectivity index (χ0v) is 15.6. The molecule has 2 aromatic carbocycles. The van der Waals surface area contributed by atoms with Gasteiger partial charge in [-0.25, -0.2) is 5.01 Å². The van der Waals surface area contributed by atoms with Crippen LogP contribution >= 0.6 is 11.6 Å². The average Bonchev–Trinajstić information content (AvgIpc) is 3.12. The molecule has 2 aromatic rings. The van der Waals surface area contributed by atoms with Crippen LogP contribution in [-0.2, 0) is 0 Å². The highest BCUT2D eigenvalue weighted by Crippen LogP contribution is 2.50. The Balaban J connectivity index is 1.60. The standard InChI is InChI=1S/C21H22ClN3O/c1-24-11-9-21(10-12-24)25-19(17-13-16(22)7-8-20(17)26-21)14-18(23-25)15-5-3-2-4-6-15/h2-8,13,19H,9-12,14H2,1H3. The van der Waals surface area contributed by atoms with Gasteiger partial charge >= 0.3 is 0 Å². The van der Waals surface area contributed by atoms with Crippen molar-refractivity contribution in [2.24, 2.45) is 5.10 Å². The Morgan fingerprint density at radius 3 is 2.65 bits per heavy atom. The molecule has 5 rings (SSSR count). The predicted octanol–water partition coefficient (Wildman–Crippen LogP) is 4.31. The summed E-state index contributed by atoms with van der Waals surface area (Å²) in [5.41, 5.74) is 3.12. The Morgan fingerprint density at radius 2 is 1.88 bits per heavy atom. The van der Waals surface area contributed by atoms with Crippen molar-refractivity contribution in [2.45, 2.75) is 31.0 Å². The zero-order valence-electron chi connectivity index (χ0n) is 14.9. The van der Waals surface area contributed by atoms with Crippen LogP contribution in [0.4, 0.5) is 0 Å². The first kappa shape index (κ1) is 16.2. The number of halogens is 1. The monoisotopic (exact) mass is 367 g/mol. The van der Waals surface area contributed by atoms with Crippen molar-refractivity contribution in [3.05, 3.63) is 64.7 Å². The molecule has 0 N–H and O–H groups in total. The van der Waals surface area contributed by atoms with Gasteiger partial charge in [0.15, 0.2) is 0 Å². The van der Waals surface area contributed by atoms with Gasteiger partial charge in [0.2, 0.25) is 5.72 Å². The van der Waals surface area contributed by atoms with E-state index in [1.54, 1.807) is 0 Å². The van der Waals surface area contributed by atoms with E-state index in [1.165, 1.54) is 5.56 Å². The summed E-state index contributed by atoms with van der Waals surface area (Å²) in [7, 11) is 2.17. The summed E-state index contributed by atoms with van der Waals surface area (Å²) in [5.74, 6) is 0.963. The van der Waals surface area contributed by atoms with Crippen LogP contribution in [0.25, 0.3) is 0 Å². The van der Waals surface area contributed by atoms with Crippen LogP contribution < -0.4 is 4.74 Å². The minimum Gasteiger partial charge on any atom is -0.466 e. The van der Waals surface area contributed by atoms with E-state index in [0.717, 1.165) is 54.4 Å². The number of benzene rings is 2. The normalized spacial score (nSPS) is 24.0. The first-order chi connectivity index (χ1) is 12.6. The fraction of sp³-hybridized carbons (Fsp3) is 0.381. The summed E-state index contributed by atoms with van der Waals surface area (Å²) >= 11 is 6.30. The molecule has 1 unspecified atom stereocenters. The molecule has 0 bridgehead atoms. The maximum absolute atomic E-state index is 6.60. The van der Waals surface area contributed by atoms with Gasteiger partial charge < -0.3 is 9.64 Å². The first-order valence-electron chi connectivity index (χ1n) is 9.24. The maximum Gasteiger partial charge on any atom is 0.200 e. The number of piperidine rings is 1. The highest BCUT2D eigenvalue weighted by atomic mass is 35.5. The molecule has 5 heteroatoms. The minimum atomic E-state index is -0.353. The van der Waals surface area contributed by atoms with Crippen molar-refractivity contribution >= 4 is 17.3 Å². The molecule has 3 aliphatic heterocycles. The number of hydrogen-bond acceptors (Lipinski definition) is 4. The Labute approximate surface area is 159 Å². The Kier molecular flexibility index (Phi) is 3.73. The van der Waals surface area contributed by atoms with Crippen molar-refractivity contribution < 1.29 is 4.74 Å². The molecule has 134 valence electrons. The third-order valence-corrected chi connectivity index (χ3v) is 6.07. The topological polar surface area (TPSA) is 28.1 Å². The van der Waals surface area contributed by atoms with Crippen molar-refractivity contribution in [3.63, 3.8) is 0 Å². The quantitative estimate of drug-likeness (QED) is 0.752. The number of likely N-dealkylation sites (tertiary alicyclic amines) is 1. The van der Waals surface area contributed by atoms with Crippen molar-refractivity contribution in [1.29, 1.82) is 0 Å². The molecular weight excluding hydrogens is 346 g/mol. The van der Waals surface area contributed by atoms with E-state index >= 15 is 0 Å². The van der Waals surface area contributed by atoms with Crippen LogP contribution in [0.1, 0.15) is 36.4 Å².